The first-order chi connectivity index (χ1) is 8.92. The standard InChI is InChI=1S/C14H28N2O3/c1-14(2,3)19-13(17)16-12(8-10-18-4)11-7-5-6-9-15-11/h11-12,15H,5-10H2,1-4H3,(H,16,17). The molecule has 1 rings (SSSR count). The van der Waals surface area contributed by atoms with Gasteiger partial charge in [0.15, 0.2) is 0 Å². The lowest BCUT2D eigenvalue weighted by molar-refractivity contribution is 0.0473. The summed E-state index contributed by atoms with van der Waals surface area (Å²) in [5.74, 6) is 0. The molecular weight excluding hydrogens is 244 g/mol. The van der Waals surface area contributed by atoms with Crippen LogP contribution in [0.2, 0.25) is 0 Å². The summed E-state index contributed by atoms with van der Waals surface area (Å²) in [6.45, 7) is 7.27. The van der Waals surface area contributed by atoms with Crippen LogP contribution in [0.15, 0.2) is 0 Å². The third kappa shape index (κ3) is 6.78. The van der Waals surface area contributed by atoms with Gasteiger partial charge in [0.05, 0.1) is 0 Å². The highest BCUT2D eigenvalue weighted by Gasteiger charge is 2.26. The molecule has 0 aromatic rings. The van der Waals surface area contributed by atoms with Crippen molar-refractivity contribution in [1.82, 2.24) is 10.6 Å². The van der Waals surface area contributed by atoms with Crippen molar-refractivity contribution in [3.63, 3.8) is 0 Å². The van der Waals surface area contributed by atoms with Gasteiger partial charge in [-0.05, 0) is 46.6 Å². The van der Waals surface area contributed by atoms with Gasteiger partial charge in [0.1, 0.15) is 5.60 Å². The summed E-state index contributed by atoms with van der Waals surface area (Å²) < 4.78 is 10.4. The quantitative estimate of drug-likeness (QED) is 0.804. The summed E-state index contributed by atoms with van der Waals surface area (Å²) in [5.41, 5.74) is -0.462. The average Bonchev–Trinajstić information content (AvgIpc) is 2.33. The number of hydrogen-bond donors (Lipinski definition) is 2. The van der Waals surface area contributed by atoms with E-state index in [-0.39, 0.29) is 12.1 Å². The van der Waals surface area contributed by atoms with Crippen LogP contribution < -0.4 is 10.6 Å². The molecule has 2 N–H and O–H groups in total. The Bertz CT molecular complexity index is 270. The first-order valence-corrected chi connectivity index (χ1v) is 7.14. The Morgan fingerprint density at radius 3 is 2.68 bits per heavy atom. The van der Waals surface area contributed by atoms with Crippen molar-refractivity contribution in [2.45, 2.75) is 64.1 Å². The van der Waals surface area contributed by atoms with E-state index in [1.165, 1.54) is 12.8 Å². The second kappa shape index (κ2) is 7.70. The zero-order chi connectivity index (χ0) is 14.3. The zero-order valence-electron chi connectivity index (χ0n) is 12.6. The number of methoxy groups -OCH3 is 1. The lowest BCUT2D eigenvalue weighted by atomic mass is 9.96. The molecule has 0 spiro atoms. The van der Waals surface area contributed by atoms with Gasteiger partial charge in [-0.2, -0.15) is 0 Å². The largest absolute Gasteiger partial charge is 0.444 e. The van der Waals surface area contributed by atoms with E-state index < -0.39 is 5.60 Å². The minimum absolute atomic E-state index is 0.0649. The van der Waals surface area contributed by atoms with E-state index in [4.69, 9.17) is 9.47 Å². The molecule has 1 fully saturated rings. The number of carbonyl (C=O) groups excluding carboxylic acids is 1. The fourth-order valence-electron chi connectivity index (χ4n) is 2.30. The second-order valence-corrected chi connectivity index (χ2v) is 6.09. The molecule has 1 heterocycles. The first-order valence-electron chi connectivity index (χ1n) is 7.14. The van der Waals surface area contributed by atoms with Gasteiger partial charge in [-0.3, -0.25) is 0 Å². The van der Waals surface area contributed by atoms with Crippen LogP contribution in [0.1, 0.15) is 46.5 Å². The Kier molecular flexibility index (Phi) is 6.58. The van der Waals surface area contributed by atoms with E-state index in [9.17, 15) is 4.79 Å². The molecule has 0 bridgehead atoms. The molecule has 0 aromatic heterocycles. The maximum atomic E-state index is 11.9. The number of nitrogens with one attached hydrogen (secondary N) is 2. The van der Waals surface area contributed by atoms with Crippen molar-refractivity contribution < 1.29 is 14.3 Å². The highest BCUT2D eigenvalue weighted by atomic mass is 16.6. The van der Waals surface area contributed by atoms with Gasteiger partial charge in [-0.15, -0.1) is 0 Å². The van der Waals surface area contributed by atoms with Gasteiger partial charge in [-0.1, -0.05) is 6.42 Å². The van der Waals surface area contributed by atoms with Crippen LogP contribution in [-0.4, -0.2) is 44.0 Å². The minimum atomic E-state index is -0.462. The monoisotopic (exact) mass is 272 g/mol. The van der Waals surface area contributed by atoms with E-state index in [1.54, 1.807) is 7.11 Å². The van der Waals surface area contributed by atoms with Crippen molar-refractivity contribution in [3.05, 3.63) is 0 Å². The molecule has 5 nitrogen and oxygen atoms in total. The van der Waals surface area contributed by atoms with Crippen LogP contribution in [0.5, 0.6) is 0 Å². The summed E-state index contributed by atoms with van der Waals surface area (Å²) in [4.78, 5) is 11.9. The molecule has 5 heteroatoms. The Morgan fingerprint density at radius 1 is 1.42 bits per heavy atom. The number of piperidine rings is 1. The number of alkyl carbamates (subject to hydrolysis) is 1. The predicted octanol–water partition coefficient (Wildman–Crippen LogP) is 2.06. The van der Waals surface area contributed by atoms with E-state index in [0.29, 0.717) is 12.6 Å². The SMILES string of the molecule is COCCC(NC(=O)OC(C)(C)C)C1CCCCN1. The molecule has 112 valence electrons. The maximum Gasteiger partial charge on any atom is 0.407 e. The summed E-state index contributed by atoms with van der Waals surface area (Å²) in [5, 5.41) is 6.44. The zero-order valence-corrected chi connectivity index (χ0v) is 12.6. The molecule has 1 saturated heterocycles. The summed E-state index contributed by atoms with van der Waals surface area (Å²) in [7, 11) is 1.68. The third-order valence-corrected chi connectivity index (χ3v) is 3.17. The third-order valence-electron chi connectivity index (χ3n) is 3.17. The van der Waals surface area contributed by atoms with Crippen molar-refractivity contribution in [1.29, 1.82) is 0 Å². The molecule has 1 aliphatic heterocycles. The fourth-order valence-corrected chi connectivity index (χ4v) is 2.30. The molecule has 0 radical (unpaired) electrons. The highest BCUT2D eigenvalue weighted by Crippen LogP contribution is 2.14. The van der Waals surface area contributed by atoms with Gasteiger partial charge >= 0.3 is 6.09 Å². The predicted molar refractivity (Wildman–Crippen MR) is 75.3 cm³/mol. The van der Waals surface area contributed by atoms with Gasteiger partial charge < -0.3 is 20.1 Å². The first kappa shape index (κ1) is 16.2. The molecular formula is C14H28N2O3. The van der Waals surface area contributed by atoms with Crippen molar-refractivity contribution >= 4 is 6.09 Å². The smallest absolute Gasteiger partial charge is 0.407 e. The fraction of sp³-hybridized carbons (Fsp3) is 0.929. The molecule has 2 atom stereocenters. The summed E-state index contributed by atoms with van der Waals surface area (Å²) in [6.07, 6.45) is 3.95. The van der Waals surface area contributed by atoms with E-state index in [0.717, 1.165) is 19.4 Å². The molecule has 2 unspecified atom stereocenters. The van der Waals surface area contributed by atoms with Gasteiger partial charge in [0.2, 0.25) is 0 Å². The minimum Gasteiger partial charge on any atom is -0.444 e. The van der Waals surface area contributed by atoms with Crippen LogP contribution >= 0.6 is 0 Å². The Balaban J connectivity index is 2.50. The molecule has 0 aliphatic carbocycles. The lowest BCUT2D eigenvalue weighted by Gasteiger charge is -2.32. The normalized spacial score (nSPS) is 21.8. The summed E-state index contributed by atoms with van der Waals surface area (Å²) >= 11 is 0. The number of amides is 1. The van der Waals surface area contributed by atoms with Gasteiger partial charge in [0, 0.05) is 25.8 Å². The molecule has 0 saturated carbocycles. The Labute approximate surface area is 116 Å². The van der Waals surface area contributed by atoms with Gasteiger partial charge in [0.25, 0.3) is 0 Å². The van der Waals surface area contributed by atoms with Crippen LogP contribution in [0, 0.1) is 0 Å². The number of carbonyl (C=O) groups is 1. The molecule has 1 amide bonds. The highest BCUT2D eigenvalue weighted by molar-refractivity contribution is 5.68. The van der Waals surface area contributed by atoms with Gasteiger partial charge in [-0.25, -0.2) is 4.79 Å². The second-order valence-electron chi connectivity index (χ2n) is 6.09. The topological polar surface area (TPSA) is 59.6 Å². The van der Waals surface area contributed by atoms with Crippen molar-refractivity contribution in [3.8, 4) is 0 Å². The Morgan fingerprint density at radius 2 is 2.16 bits per heavy atom. The molecule has 0 aromatic carbocycles. The molecule has 1 aliphatic rings. The summed E-state index contributed by atoms with van der Waals surface area (Å²) in [6, 6.07) is 0.381. The number of hydrogen-bond acceptors (Lipinski definition) is 4. The lowest BCUT2D eigenvalue weighted by Crippen LogP contribution is -2.53. The Hall–Kier alpha value is -0.810. The van der Waals surface area contributed by atoms with Crippen LogP contribution in [-0.2, 0) is 9.47 Å². The van der Waals surface area contributed by atoms with Crippen LogP contribution in [0.3, 0.4) is 0 Å². The van der Waals surface area contributed by atoms with E-state index in [2.05, 4.69) is 10.6 Å². The van der Waals surface area contributed by atoms with Crippen molar-refractivity contribution in [2.75, 3.05) is 20.3 Å². The molecule has 19 heavy (non-hydrogen) atoms. The number of ether oxygens (including phenoxy) is 2. The number of rotatable bonds is 5. The van der Waals surface area contributed by atoms with Crippen molar-refractivity contribution in [2.24, 2.45) is 0 Å². The van der Waals surface area contributed by atoms with E-state index in [1.807, 2.05) is 20.8 Å². The van der Waals surface area contributed by atoms with E-state index >= 15 is 0 Å². The maximum absolute atomic E-state index is 11.9. The van der Waals surface area contributed by atoms with Crippen LogP contribution in [0.25, 0.3) is 0 Å². The average molecular weight is 272 g/mol. The van der Waals surface area contributed by atoms with Crippen LogP contribution in [0.4, 0.5) is 4.79 Å².